The first-order valence-corrected chi connectivity index (χ1v) is 7.74. The molecule has 102 valence electrons. The molecule has 1 aromatic heterocycles. The number of aromatic nitrogens is 2. The molecule has 0 spiro atoms. The van der Waals surface area contributed by atoms with Crippen molar-refractivity contribution in [2.24, 2.45) is 11.8 Å². The highest BCUT2D eigenvalue weighted by atomic mass is 79.9. The Morgan fingerprint density at radius 1 is 1.44 bits per heavy atom. The zero-order chi connectivity index (χ0) is 13.0. The molecular weight excluding hydrogens is 292 g/mol. The molecule has 0 amide bonds. The second-order valence-corrected chi connectivity index (χ2v) is 5.94. The van der Waals surface area contributed by atoms with Crippen molar-refractivity contribution in [2.45, 2.75) is 58.0 Å². The predicted octanol–water partition coefficient (Wildman–Crippen LogP) is 3.14. The molecule has 0 radical (unpaired) electrons. The van der Waals surface area contributed by atoms with Crippen LogP contribution in [-0.2, 0) is 6.54 Å². The van der Waals surface area contributed by atoms with Gasteiger partial charge in [-0.1, -0.05) is 25.7 Å². The van der Waals surface area contributed by atoms with E-state index in [0.29, 0.717) is 5.92 Å². The van der Waals surface area contributed by atoms with Crippen LogP contribution in [0.3, 0.4) is 0 Å². The molecule has 1 aliphatic rings. The van der Waals surface area contributed by atoms with Crippen molar-refractivity contribution in [3.05, 3.63) is 16.4 Å². The number of rotatable bonds is 4. The van der Waals surface area contributed by atoms with Gasteiger partial charge < -0.3 is 0 Å². The minimum absolute atomic E-state index is 0.208. The number of nitrogens with one attached hydrogen (secondary N) is 1. The Labute approximate surface area is 117 Å². The Kier molecular flexibility index (Phi) is 5.21. The molecule has 1 aromatic rings. The van der Waals surface area contributed by atoms with E-state index < -0.39 is 0 Å². The van der Waals surface area contributed by atoms with Gasteiger partial charge in [-0.3, -0.25) is 16.0 Å². The lowest BCUT2D eigenvalue weighted by molar-refractivity contribution is 0.311. The quantitative estimate of drug-likeness (QED) is 0.510. The third kappa shape index (κ3) is 2.95. The molecule has 0 bridgehead atoms. The maximum absolute atomic E-state index is 5.83. The van der Waals surface area contributed by atoms with Crippen LogP contribution < -0.4 is 11.3 Å². The van der Waals surface area contributed by atoms with Gasteiger partial charge >= 0.3 is 0 Å². The highest BCUT2D eigenvalue weighted by molar-refractivity contribution is 9.10. The van der Waals surface area contributed by atoms with Crippen molar-refractivity contribution >= 4 is 15.9 Å². The van der Waals surface area contributed by atoms with Gasteiger partial charge in [-0.2, -0.15) is 5.10 Å². The van der Waals surface area contributed by atoms with Crippen LogP contribution in [0.4, 0.5) is 0 Å². The van der Waals surface area contributed by atoms with Crippen LogP contribution in [0.25, 0.3) is 0 Å². The number of halogens is 1. The van der Waals surface area contributed by atoms with E-state index in [9.17, 15) is 0 Å². The van der Waals surface area contributed by atoms with E-state index in [1.54, 1.807) is 0 Å². The number of nitrogens with two attached hydrogens (primary N) is 1. The first-order valence-electron chi connectivity index (χ1n) is 6.95. The summed E-state index contributed by atoms with van der Waals surface area (Å²) in [5.74, 6) is 6.45. The molecule has 1 atom stereocenters. The average Bonchev–Trinajstić information content (AvgIpc) is 2.60. The molecule has 1 unspecified atom stereocenters. The lowest BCUT2D eigenvalue weighted by Gasteiger charge is -2.26. The summed E-state index contributed by atoms with van der Waals surface area (Å²) in [6.07, 6.45) is 9.76. The molecule has 18 heavy (non-hydrogen) atoms. The third-order valence-corrected chi connectivity index (χ3v) is 4.59. The van der Waals surface area contributed by atoms with E-state index >= 15 is 0 Å². The molecule has 1 fully saturated rings. The molecule has 0 saturated heterocycles. The Morgan fingerprint density at radius 3 is 2.67 bits per heavy atom. The maximum atomic E-state index is 5.83. The van der Waals surface area contributed by atoms with Crippen LogP contribution in [0.15, 0.2) is 10.7 Å². The van der Waals surface area contributed by atoms with E-state index in [2.05, 4.69) is 33.4 Å². The summed E-state index contributed by atoms with van der Waals surface area (Å²) in [5, 5.41) is 4.40. The maximum Gasteiger partial charge on any atom is 0.0711 e. The Hall–Kier alpha value is -0.390. The molecule has 2 rings (SSSR count). The summed E-state index contributed by atoms with van der Waals surface area (Å²) in [6, 6.07) is 0.208. The van der Waals surface area contributed by atoms with Crippen molar-refractivity contribution in [1.82, 2.24) is 15.2 Å². The molecular formula is C13H23BrN4. The molecule has 5 heteroatoms. The fourth-order valence-corrected chi connectivity index (χ4v) is 3.56. The van der Waals surface area contributed by atoms with Crippen LogP contribution >= 0.6 is 15.9 Å². The van der Waals surface area contributed by atoms with Crippen molar-refractivity contribution in [3.63, 3.8) is 0 Å². The highest BCUT2D eigenvalue weighted by Gasteiger charge is 2.27. The van der Waals surface area contributed by atoms with Gasteiger partial charge in [0.2, 0.25) is 0 Å². The Morgan fingerprint density at radius 2 is 2.11 bits per heavy atom. The number of nitrogens with zero attached hydrogens (tertiary/aromatic N) is 2. The fraction of sp³-hybridized carbons (Fsp3) is 0.769. The molecule has 1 heterocycles. The van der Waals surface area contributed by atoms with Crippen LogP contribution in [-0.4, -0.2) is 9.78 Å². The van der Waals surface area contributed by atoms with Gasteiger partial charge in [0.1, 0.15) is 0 Å². The number of aryl methyl sites for hydroxylation is 1. The van der Waals surface area contributed by atoms with Gasteiger partial charge in [-0.25, -0.2) is 0 Å². The molecule has 3 N–H and O–H groups in total. The van der Waals surface area contributed by atoms with E-state index in [1.165, 1.54) is 44.2 Å². The molecule has 1 aliphatic carbocycles. The largest absolute Gasteiger partial charge is 0.271 e. The summed E-state index contributed by atoms with van der Waals surface area (Å²) < 4.78 is 3.11. The van der Waals surface area contributed by atoms with Gasteiger partial charge in [0.15, 0.2) is 0 Å². The smallest absolute Gasteiger partial charge is 0.0711 e. The predicted molar refractivity (Wildman–Crippen MR) is 76.9 cm³/mol. The van der Waals surface area contributed by atoms with E-state index in [4.69, 9.17) is 5.84 Å². The van der Waals surface area contributed by atoms with Crippen molar-refractivity contribution in [3.8, 4) is 0 Å². The Balaban J connectivity index is 2.23. The van der Waals surface area contributed by atoms with E-state index in [0.717, 1.165) is 11.0 Å². The van der Waals surface area contributed by atoms with Gasteiger partial charge in [-0.05, 0) is 41.6 Å². The number of hydrogen-bond donors (Lipinski definition) is 2. The first-order chi connectivity index (χ1) is 8.77. The summed E-state index contributed by atoms with van der Waals surface area (Å²) >= 11 is 3.61. The van der Waals surface area contributed by atoms with Crippen LogP contribution in [0.2, 0.25) is 0 Å². The lowest BCUT2D eigenvalue weighted by atomic mass is 9.90. The summed E-state index contributed by atoms with van der Waals surface area (Å²) in [6.45, 7) is 3.00. The average molecular weight is 315 g/mol. The number of hydrazine groups is 1. The minimum atomic E-state index is 0.208. The van der Waals surface area contributed by atoms with Crippen LogP contribution in [0.5, 0.6) is 0 Å². The van der Waals surface area contributed by atoms with Gasteiger partial charge in [0, 0.05) is 6.54 Å². The van der Waals surface area contributed by atoms with Gasteiger partial charge in [0.25, 0.3) is 0 Å². The van der Waals surface area contributed by atoms with Gasteiger partial charge in [0.05, 0.1) is 22.4 Å². The van der Waals surface area contributed by atoms with E-state index in [1.807, 2.05) is 10.9 Å². The van der Waals surface area contributed by atoms with Crippen molar-refractivity contribution in [1.29, 1.82) is 0 Å². The topological polar surface area (TPSA) is 55.9 Å². The Bertz CT molecular complexity index is 369. The van der Waals surface area contributed by atoms with Gasteiger partial charge in [-0.15, -0.1) is 0 Å². The second-order valence-electron chi connectivity index (χ2n) is 5.09. The monoisotopic (exact) mass is 314 g/mol. The van der Waals surface area contributed by atoms with E-state index in [-0.39, 0.29) is 6.04 Å². The first kappa shape index (κ1) is 14.0. The molecule has 0 aromatic carbocycles. The van der Waals surface area contributed by atoms with Crippen LogP contribution in [0.1, 0.15) is 57.2 Å². The zero-order valence-electron chi connectivity index (χ0n) is 11.0. The third-order valence-electron chi connectivity index (χ3n) is 3.98. The zero-order valence-corrected chi connectivity index (χ0v) is 12.6. The second kappa shape index (κ2) is 6.68. The van der Waals surface area contributed by atoms with Crippen molar-refractivity contribution in [2.75, 3.05) is 0 Å². The SMILES string of the molecule is CCn1ncc(Br)c1C(NN)C1CCCCCC1. The number of hydrogen-bond acceptors (Lipinski definition) is 3. The summed E-state index contributed by atoms with van der Waals surface area (Å²) in [7, 11) is 0. The lowest BCUT2D eigenvalue weighted by Crippen LogP contribution is -2.35. The molecule has 1 saturated carbocycles. The van der Waals surface area contributed by atoms with Crippen LogP contribution in [0, 0.1) is 5.92 Å². The highest BCUT2D eigenvalue weighted by Crippen LogP contribution is 2.35. The normalized spacial score (nSPS) is 19.7. The van der Waals surface area contributed by atoms with Crippen molar-refractivity contribution < 1.29 is 0 Å². The summed E-state index contributed by atoms with van der Waals surface area (Å²) in [4.78, 5) is 0. The molecule has 4 nitrogen and oxygen atoms in total. The molecule has 0 aliphatic heterocycles. The standard InChI is InChI=1S/C13H23BrN4/c1-2-18-13(11(14)9-16-18)12(17-15)10-7-5-3-4-6-8-10/h9-10,12,17H,2-8,15H2,1H3. The summed E-state index contributed by atoms with van der Waals surface area (Å²) in [5.41, 5.74) is 4.23. The minimum Gasteiger partial charge on any atom is -0.271 e. The fourth-order valence-electron chi connectivity index (χ4n) is 3.02.